The van der Waals surface area contributed by atoms with Crippen molar-refractivity contribution in [1.82, 2.24) is 15.0 Å². The third-order valence-corrected chi connectivity index (χ3v) is 4.36. The Kier molecular flexibility index (Phi) is 4.75. The Morgan fingerprint density at radius 2 is 1.65 bits per heavy atom. The van der Waals surface area contributed by atoms with Gasteiger partial charge in [-0.3, -0.25) is 4.79 Å². The fourth-order valence-corrected chi connectivity index (χ4v) is 3.02. The van der Waals surface area contributed by atoms with E-state index < -0.39 is 0 Å². The van der Waals surface area contributed by atoms with Crippen molar-refractivity contribution in [2.45, 2.75) is 34.2 Å². The minimum Gasteiger partial charge on any atom is -0.382 e. The maximum atomic E-state index is 12.6. The van der Waals surface area contributed by atoms with Gasteiger partial charge in [0, 0.05) is 5.69 Å². The van der Waals surface area contributed by atoms with Crippen LogP contribution in [0.4, 0.5) is 11.5 Å². The van der Waals surface area contributed by atoms with Crippen LogP contribution >= 0.6 is 0 Å². The van der Waals surface area contributed by atoms with Crippen LogP contribution in [-0.4, -0.2) is 20.9 Å². The van der Waals surface area contributed by atoms with Crippen LogP contribution in [0.5, 0.6) is 0 Å². The van der Waals surface area contributed by atoms with Gasteiger partial charge in [0.2, 0.25) is 0 Å². The first kappa shape index (κ1) is 17.7. The number of hydrogen-bond acceptors (Lipinski definition) is 4. The second kappa shape index (κ2) is 7.00. The van der Waals surface area contributed by atoms with Gasteiger partial charge < -0.3 is 11.1 Å². The van der Waals surface area contributed by atoms with Crippen molar-refractivity contribution >= 4 is 17.4 Å². The number of anilines is 2. The first-order valence-corrected chi connectivity index (χ1v) is 8.49. The minimum atomic E-state index is -0.354. The van der Waals surface area contributed by atoms with E-state index in [0.717, 1.165) is 27.9 Å². The van der Waals surface area contributed by atoms with E-state index in [-0.39, 0.29) is 17.4 Å². The van der Waals surface area contributed by atoms with E-state index in [1.54, 1.807) is 0 Å². The molecule has 6 heteroatoms. The molecule has 3 N–H and O–H groups in total. The summed E-state index contributed by atoms with van der Waals surface area (Å²) in [6.07, 6.45) is 0. The number of nitrogens with one attached hydrogen (secondary N) is 1. The van der Waals surface area contributed by atoms with Crippen molar-refractivity contribution in [3.8, 4) is 0 Å². The number of nitrogen functional groups attached to an aromatic ring is 1. The van der Waals surface area contributed by atoms with Crippen LogP contribution in [0.15, 0.2) is 36.4 Å². The fraction of sp³-hybridized carbons (Fsp3) is 0.250. The van der Waals surface area contributed by atoms with Gasteiger partial charge in [-0.1, -0.05) is 52.7 Å². The average molecular weight is 349 g/mol. The van der Waals surface area contributed by atoms with Crippen LogP contribution < -0.4 is 11.1 Å². The fourth-order valence-electron chi connectivity index (χ4n) is 3.02. The Hall–Kier alpha value is -3.15. The van der Waals surface area contributed by atoms with E-state index in [4.69, 9.17) is 5.73 Å². The van der Waals surface area contributed by atoms with Crippen LogP contribution in [0, 0.1) is 27.7 Å². The van der Waals surface area contributed by atoms with Gasteiger partial charge in [0.1, 0.15) is 0 Å². The first-order valence-electron chi connectivity index (χ1n) is 8.49. The van der Waals surface area contributed by atoms with Crippen LogP contribution in [-0.2, 0) is 6.54 Å². The highest BCUT2D eigenvalue weighted by atomic mass is 16.2. The van der Waals surface area contributed by atoms with Crippen LogP contribution in [0.2, 0.25) is 0 Å². The van der Waals surface area contributed by atoms with Gasteiger partial charge >= 0.3 is 0 Å². The van der Waals surface area contributed by atoms with Gasteiger partial charge in [-0.05, 0) is 44.4 Å². The quantitative estimate of drug-likeness (QED) is 0.756. The summed E-state index contributed by atoms with van der Waals surface area (Å²) in [5, 5.41) is 10.9. The van der Waals surface area contributed by atoms with E-state index in [1.807, 2.05) is 64.1 Å². The Morgan fingerprint density at radius 3 is 2.27 bits per heavy atom. The third kappa shape index (κ3) is 3.59. The Bertz CT molecular complexity index is 934. The third-order valence-electron chi connectivity index (χ3n) is 4.36. The summed E-state index contributed by atoms with van der Waals surface area (Å²) < 4.78 is 1.54. The summed E-state index contributed by atoms with van der Waals surface area (Å²) in [6.45, 7) is 8.46. The second-order valence-electron chi connectivity index (χ2n) is 6.69. The molecule has 0 fully saturated rings. The summed E-state index contributed by atoms with van der Waals surface area (Å²) in [4.78, 5) is 12.6. The molecule has 3 rings (SSSR count). The lowest BCUT2D eigenvalue weighted by molar-refractivity contribution is 0.102. The molecule has 0 unspecified atom stereocenters. The molecule has 134 valence electrons. The molecule has 3 aromatic rings. The molecule has 0 aliphatic rings. The lowest BCUT2D eigenvalue weighted by atomic mass is 10.1. The molecule has 0 saturated carbocycles. The summed E-state index contributed by atoms with van der Waals surface area (Å²) in [6, 6.07) is 12.1. The maximum absolute atomic E-state index is 12.6. The number of amides is 1. The number of carbonyl (C=O) groups is 1. The summed E-state index contributed by atoms with van der Waals surface area (Å²) in [5.41, 5.74) is 12.4. The van der Waals surface area contributed by atoms with Gasteiger partial charge in [-0.2, -0.15) is 0 Å². The standard InChI is InChI=1S/C20H23N5O/c1-12-5-7-16(8-6-12)11-25-19(21)18(23-24-25)20(26)22-17-14(3)9-13(2)10-15(17)4/h5-10H,11,21H2,1-4H3,(H,22,26). The lowest BCUT2D eigenvalue weighted by Crippen LogP contribution is -2.17. The molecular weight excluding hydrogens is 326 g/mol. The molecule has 0 aliphatic heterocycles. The summed E-state index contributed by atoms with van der Waals surface area (Å²) >= 11 is 0. The zero-order valence-electron chi connectivity index (χ0n) is 15.5. The number of rotatable bonds is 4. The number of aromatic nitrogens is 3. The molecule has 6 nitrogen and oxygen atoms in total. The number of carbonyl (C=O) groups excluding carboxylic acids is 1. The number of nitrogens with two attached hydrogens (primary N) is 1. The SMILES string of the molecule is Cc1ccc(Cn2nnc(C(=O)Nc3c(C)cc(C)cc3C)c2N)cc1. The number of aryl methyl sites for hydroxylation is 4. The number of hydrogen-bond donors (Lipinski definition) is 2. The molecule has 1 heterocycles. The summed E-state index contributed by atoms with van der Waals surface area (Å²) in [7, 11) is 0. The molecule has 0 radical (unpaired) electrons. The van der Waals surface area contributed by atoms with Crippen molar-refractivity contribution in [1.29, 1.82) is 0 Å². The zero-order valence-corrected chi connectivity index (χ0v) is 15.5. The van der Waals surface area contributed by atoms with Gasteiger partial charge in [-0.15, -0.1) is 5.10 Å². The largest absolute Gasteiger partial charge is 0.382 e. The van der Waals surface area contributed by atoms with Crippen molar-refractivity contribution in [3.63, 3.8) is 0 Å². The molecule has 2 aromatic carbocycles. The van der Waals surface area contributed by atoms with Crippen molar-refractivity contribution in [2.75, 3.05) is 11.1 Å². The van der Waals surface area contributed by atoms with E-state index in [9.17, 15) is 4.79 Å². The highest BCUT2D eigenvalue weighted by Crippen LogP contribution is 2.23. The molecule has 0 spiro atoms. The van der Waals surface area contributed by atoms with Gasteiger partial charge in [0.25, 0.3) is 5.91 Å². The van der Waals surface area contributed by atoms with Crippen LogP contribution in [0.3, 0.4) is 0 Å². The van der Waals surface area contributed by atoms with Gasteiger partial charge in [0.15, 0.2) is 11.5 Å². The minimum absolute atomic E-state index is 0.136. The van der Waals surface area contributed by atoms with Crippen molar-refractivity contribution < 1.29 is 4.79 Å². The summed E-state index contributed by atoms with van der Waals surface area (Å²) in [5.74, 6) is -0.0989. The van der Waals surface area contributed by atoms with E-state index >= 15 is 0 Å². The molecule has 26 heavy (non-hydrogen) atoms. The second-order valence-corrected chi connectivity index (χ2v) is 6.69. The van der Waals surface area contributed by atoms with E-state index in [2.05, 4.69) is 15.6 Å². The molecular formula is C20H23N5O. The topological polar surface area (TPSA) is 85.8 Å². The lowest BCUT2D eigenvalue weighted by Gasteiger charge is -2.12. The van der Waals surface area contributed by atoms with Gasteiger partial charge in [-0.25, -0.2) is 4.68 Å². The molecule has 1 aromatic heterocycles. The number of benzene rings is 2. The maximum Gasteiger partial charge on any atom is 0.280 e. The van der Waals surface area contributed by atoms with Crippen LogP contribution in [0.1, 0.15) is 38.3 Å². The predicted molar refractivity (Wildman–Crippen MR) is 103 cm³/mol. The van der Waals surface area contributed by atoms with E-state index in [0.29, 0.717) is 6.54 Å². The molecule has 0 bridgehead atoms. The first-order chi connectivity index (χ1) is 12.3. The molecule has 0 aliphatic carbocycles. The average Bonchev–Trinajstić information content (AvgIpc) is 2.94. The highest BCUT2D eigenvalue weighted by Gasteiger charge is 2.19. The normalized spacial score (nSPS) is 10.8. The van der Waals surface area contributed by atoms with Crippen LogP contribution in [0.25, 0.3) is 0 Å². The van der Waals surface area contributed by atoms with E-state index in [1.165, 1.54) is 10.2 Å². The van der Waals surface area contributed by atoms with Crippen molar-refractivity contribution in [3.05, 3.63) is 69.9 Å². The van der Waals surface area contributed by atoms with Crippen molar-refractivity contribution in [2.24, 2.45) is 0 Å². The highest BCUT2D eigenvalue weighted by molar-refractivity contribution is 6.06. The Morgan fingerprint density at radius 1 is 1.04 bits per heavy atom. The monoisotopic (exact) mass is 349 g/mol. The molecule has 0 atom stereocenters. The Labute approximate surface area is 153 Å². The molecule has 0 saturated heterocycles. The molecule has 1 amide bonds. The zero-order chi connectivity index (χ0) is 18.8. The number of nitrogens with zero attached hydrogens (tertiary/aromatic N) is 3. The predicted octanol–water partition coefficient (Wildman–Crippen LogP) is 3.39. The van der Waals surface area contributed by atoms with Gasteiger partial charge in [0.05, 0.1) is 6.54 Å². The smallest absolute Gasteiger partial charge is 0.280 e. The Balaban J connectivity index is 1.81.